The number of aryl methyl sites for hydroxylation is 2. The zero-order valence-electron chi connectivity index (χ0n) is 52.5. The minimum absolute atomic E-state index is 0.730. The highest BCUT2D eigenvalue weighted by Gasteiger charge is 2.22. The Kier molecular flexibility index (Phi) is 26.3. The first-order chi connectivity index (χ1) is 40.8. The van der Waals surface area contributed by atoms with Gasteiger partial charge in [-0.1, -0.05) is 293 Å². The zero-order valence-corrected chi connectivity index (χ0v) is 56.6. The lowest BCUT2D eigenvalue weighted by Crippen LogP contribution is -2.05. The molecule has 0 nitrogen and oxygen atoms in total. The first-order valence-corrected chi connectivity index (χ1v) is 38.1. The predicted molar refractivity (Wildman–Crippen MR) is 382 cm³/mol. The molecule has 5 heterocycles. The molecule has 0 spiro atoms. The molecule has 0 amide bonds. The Morgan fingerprint density at radius 3 is 1.16 bits per heavy atom. The molecule has 5 aromatic heterocycles. The van der Waals surface area contributed by atoms with Crippen LogP contribution in [-0.2, 0) is 12.8 Å². The van der Waals surface area contributed by atoms with Crippen molar-refractivity contribution in [1.82, 2.24) is 0 Å². The van der Waals surface area contributed by atoms with Crippen molar-refractivity contribution < 1.29 is 0 Å². The van der Waals surface area contributed by atoms with Gasteiger partial charge >= 0.3 is 0 Å². The third-order valence-electron chi connectivity index (χ3n) is 18.4. The molecular weight excluding hydrogens is 1100 g/mol. The van der Waals surface area contributed by atoms with Gasteiger partial charge in [0.25, 0.3) is 0 Å². The van der Waals surface area contributed by atoms with Gasteiger partial charge in [0, 0.05) is 59.2 Å². The molecule has 0 aliphatic heterocycles. The summed E-state index contributed by atoms with van der Waals surface area (Å²) in [6.45, 7) is 13.9. The molecule has 0 fully saturated rings. The van der Waals surface area contributed by atoms with Gasteiger partial charge in [0.15, 0.2) is 0 Å². The molecule has 9 rings (SSSR count). The van der Waals surface area contributed by atoms with Gasteiger partial charge in [-0.3, -0.25) is 0 Å². The first kappa shape index (κ1) is 63.9. The van der Waals surface area contributed by atoms with Crippen LogP contribution in [0.2, 0.25) is 0 Å². The van der Waals surface area contributed by atoms with Crippen LogP contribution >= 0.6 is 56.7 Å². The lowest BCUT2D eigenvalue weighted by molar-refractivity contribution is 0.401. The molecule has 2 unspecified atom stereocenters. The fourth-order valence-corrected chi connectivity index (χ4v) is 19.5. The Balaban J connectivity index is 0.976. The summed E-state index contributed by atoms with van der Waals surface area (Å²) < 4.78 is 2.83. The second kappa shape index (κ2) is 34.1. The number of fused-ring (bicyclic) bond motifs is 7. The van der Waals surface area contributed by atoms with Gasteiger partial charge in [0.2, 0.25) is 0 Å². The summed E-state index contributed by atoms with van der Waals surface area (Å²) in [5, 5.41) is 8.21. The monoisotopic (exact) mass is 1200 g/mol. The summed E-state index contributed by atoms with van der Waals surface area (Å²) >= 11 is 10.2. The highest BCUT2D eigenvalue weighted by Crippen LogP contribution is 2.49. The number of hydrogen-bond acceptors (Lipinski definition) is 5. The van der Waals surface area contributed by atoms with Crippen molar-refractivity contribution in [2.75, 3.05) is 0 Å². The summed E-state index contributed by atoms with van der Waals surface area (Å²) in [5.74, 6) is 1.52. The van der Waals surface area contributed by atoms with E-state index in [2.05, 4.69) is 150 Å². The summed E-state index contributed by atoms with van der Waals surface area (Å²) in [5.41, 5.74) is 5.89. The van der Waals surface area contributed by atoms with Gasteiger partial charge in [-0.2, -0.15) is 0 Å². The van der Waals surface area contributed by atoms with Gasteiger partial charge < -0.3 is 0 Å². The quantitative estimate of drug-likeness (QED) is 0.0336. The minimum Gasteiger partial charge on any atom is -0.139 e. The second-order valence-electron chi connectivity index (χ2n) is 25.4. The fourth-order valence-electron chi connectivity index (χ4n) is 13.5. The lowest BCUT2D eigenvalue weighted by atomic mass is 9.88. The Morgan fingerprint density at radius 1 is 0.301 bits per heavy atom. The van der Waals surface area contributed by atoms with Crippen molar-refractivity contribution in [3.8, 4) is 39.7 Å². The maximum absolute atomic E-state index is 2.65. The van der Waals surface area contributed by atoms with Crippen LogP contribution in [0.15, 0.2) is 97.1 Å². The second-order valence-corrected chi connectivity index (χ2v) is 30.9. The summed E-state index contributed by atoms with van der Waals surface area (Å²) in [6.07, 6.45) is 47.0. The molecule has 0 N–H and O–H groups in total. The van der Waals surface area contributed by atoms with Crippen LogP contribution < -0.4 is 0 Å². The van der Waals surface area contributed by atoms with E-state index in [-0.39, 0.29) is 0 Å². The largest absolute Gasteiger partial charge is 0.139 e. The smallest absolute Gasteiger partial charge is 0.0481 e. The third kappa shape index (κ3) is 18.2. The standard InChI is InChI=1S/C78H104S5/c1-7-11-15-19-23-25-29-33-36-59(35-31-27-21-17-13-9-3)53-64-52-58(6)79-75(64)72-49-47-70(80-72)71-48-50-73(81-71)76-65(54-60(37-32-28-22-18-14-10-4)38-34-30-26-24-20-16-12-8-2)56-74(82-76)63-42-44-67-62(55-63)41-46-69-68-45-40-61-51-57(5)39-43-66(61)77(68)83-78(67)69/h39-52,55-56,59-60H,7-38,53-54H2,1-6H3. The Morgan fingerprint density at radius 2 is 0.687 bits per heavy atom. The Hall–Kier alpha value is -3.58. The van der Waals surface area contributed by atoms with E-state index in [4.69, 9.17) is 0 Å². The predicted octanol–water partition coefficient (Wildman–Crippen LogP) is 28.8. The van der Waals surface area contributed by atoms with Crippen molar-refractivity contribution >= 4 is 98.4 Å². The molecule has 0 aliphatic carbocycles. The van der Waals surface area contributed by atoms with E-state index in [0.29, 0.717) is 0 Å². The Bertz CT molecular complexity index is 3320. The number of benzene rings is 4. The van der Waals surface area contributed by atoms with Crippen LogP contribution in [0.5, 0.6) is 0 Å². The molecule has 5 heteroatoms. The van der Waals surface area contributed by atoms with Crippen LogP contribution in [0.4, 0.5) is 0 Å². The zero-order chi connectivity index (χ0) is 57.6. The van der Waals surface area contributed by atoms with Crippen molar-refractivity contribution in [1.29, 1.82) is 0 Å². The van der Waals surface area contributed by atoms with Crippen LogP contribution in [0.3, 0.4) is 0 Å². The Labute approximate surface area is 524 Å². The first-order valence-electron chi connectivity index (χ1n) is 34.0. The summed E-state index contributed by atoms with van der Waals surface area (Å²) in [7, 11) is 0. The average Bonchev–Trinajstić information content (AvgIpc) is 2.70. The molecule has 0 saturated heterocycles. The SMILES string of the molecule is CCCCCCCCCCC(CCCCCCCC)Cc1cc(C)sc1-c1ccc(-c2ccc(-c3sc(-c4ccc5c(ccc6c7ccc8cc(C)ccc8c7sc56)c4)cc3CC(CCCCCCCC)CCCCCCCCCC)s2)s1. The van der Waals surface area contributed by atoms with Gasteiger partial charge in [-0.25, -0.2) is 0 Å². The van der Waals surface area contributed by atoms with Gasteiger partial charge in [-0.05, 0) is 119 Å². The topological polar surface area (TPSA) is 0 Å². The molecule has 0 bridgehead atoms. The summed E-state index contributed by atoms with van der Waals surface area (Å²) in [4.78, 5) is 11.7. The normalized spacial score (nSPS) is 12.8. The molecule has 2 atom stereocenters. The minimum atomic E-state index is 0.730. The van der Waals surface area contributed by atoms with Crippen LogP contribution in [-0.4, -0.2) is 0 Å². The molecule has 9 aromatic rings. The lowest BCUT2D eigenvalue weighted by Gasteiger charge is -2.17. The maximum atomic E-state index is 2.65. The molecule has 0 aliphatic rings. The van der Waals surface area contributed by atoms with Gasteiger partial charge in [-0.15, -0.1) is 56.7 Å². The highest BCUT2D eigenvalue weighted by molar-refractivity contribution is 7.29. The molecule has 446 valence electrons. The van der Waals surface area contributed by atoms with E-state index in [1.165, 1.54) is 305 Å². The molecular formula is C78H104S5. The van der Waals surface area contributed by atoms with Gasteiger partial charge in [0.05, 0.1) is 0 Å². The van der Waals surface area contributed by atoms with Crippen molar-refractivity contribution in [2.24, 2.45) is 11.8 Å². The number of hydrogen-bond donors (Lipinski definition) is 0. The van der Waals surface area contributed by atoms with Crippen molar-refractivity contribution in [3.63, 3.8) is 0 Å². The number of thiophene rings is 5. The molecule has 0 saturated carbocycles. The molecule has 83 heavy (non-hydrogen) atoms. The van der Waals surface area contributed by atoms with E-state index in [1.807, 2.05) is 45.3 Å². The summed E-state index contributed by atoms with van der Waals surface area (Å²) in [6, 6.07) is 38.9. The van der Waals surface area contributed by atoms with E-state index in [9.17, 15) is 0 Å². The van der Waals surface area contributed by atoms with Crippen LogP contribution in [0.1, 0.15) is 255 Å². The highest BCUT2D eigenvalue weighted by atomic mass is 32.1. The third-order valence-corrected chi connectivity index (χ3v) is 24.7. The fraction of sp³-hybridized carbons (Fsp3) is 0.538. The van der Waals surface area contributed by atoms with Crippen molar-refractivity contribution in [2.45, 2.75) is 260 Å². The number of rotatable bonds is 40. The molecule has 4 aromatic carbocycles. The number of unbranched alkanes of at least 4 members (excludes halogenated alkanes) is 24. The van der Waals surface area contributed by atoms with E-state index in [0.717, 1.165) is 11.8 Å². The maximum Gasteiger partial charge on any atom is 0.0481 e. The van der Waals surface area contributed by atoms with E-state index >= 15 is 0 Å². The van der Waals surface area contributed by atoms with Crippen molar-refractivity contribution in [3.05, 3.63) is 119 Å². The van der Waals surface area contributed by atoms with Crippen LogP contribution in [0, 0.1) is 25.7 Å². The van der Waals surface area contributed by atoms with Crippen LogP contribution in [0.25, 0.3) is 81.4 Å². The van der Waals surface area contributed by atoms with E-state index < -0.39 is 0 Å². The van der Waals surface area contributed by atoms with E-state index in [1.54, 1.807) is 16.0 Å². The van der Waals surface area contributed by atoms with Gasteiger partial charge in [0.1, 0.15) is 0 Å². The molecule has 0 radical (unpaired) electrons. The average molecular weight is 1200 g/mol.